The predicted octanol–water partition coefficient (Wildman–Crippen LogP) is 3.69. The van der Waals surface area contributed by atoms with E-state index >= 15 is 0 Å². The van der Waals surface area contributed by atoms with E-state index in [4.69, 9.17) is 10.5 Å². The van der Waals surface area contributed by atoms with E-state index in [1.807, 2.05) is 0 Å². The second-order valence-electron chi connectivity index (χ2n) is 4.45. The molecule has 0 radical (unpaired) electrons. The van der Waals surface area contributed by atoms with Crippen LogP contribution in [-0.2, 0) is 0 Å². The number of nitro groups is 1. The van der Waals surface area contributed by atoms with Crippen molar-refractivity contribution in [3.8, 4) is 11.5 Å². The van der Waals surface area contributed by atoms with E-state index < -0.39 is 22.2 Å². The highest BCUT2D eigenvalue weighted by Crippen LogP contribution is 2.33. The van der Waals surface area contributed by atoms with Gasteiger partial charge in [0.2, 0.25) is 5.75 Å². The van der Waals surface area contributed by atoms with Gasteiger partial charge in [0.25, 0.3) is 0 Å². The van der Waals surface area contributed by atoms with Crippen molar-refractivity contribution in [2.24, 2.45) is 5.73 Å². The number of nitrogens with zero attached hydrogens (tertiary/aromatic N) is 1. The van der Waals surface area contributed by atoms with Gasteiger partial charge in [-0.2, -0.15) is 0 Å². The summed E-state index contributed by atoms with van der Waals surface area (Å²) >= 11 is 0. The van der Waals surface area contributed by atoms with Crippen LogP contribution in [0.5, 0.6) is 11.5 Å². The molecule has 2 rings (SSSR count). The quantitative estimate of drug-likeness (QED) is 0.689. The molecule has 0 fully saturated rings. The highest BCUT2D eigenvalue weighted by atomic mass is 19.1. The van der Waals surface area contributed by atoms with Gasteiger partial charge in [-0.1, -0.05) is 6.07 Å². The SMILES string of the molecule is C[C@@H](N)c1ccc(Oc2ccc(F)cc2[N+](=O)[O-])c(F)c1. The van der Waals surface area contributed by atoms with E-state index in [2.05, 4.69) is 0 Å². The number of ether oxygens (including phenoxy) is 1. The van der Waals surface area contributed by atoms with Crippen LogP contribution in [0.25, 0.3) is 0 Å². The average Bonchev–Trinajstić information content (AvgIpc) is 2.42. The normalized spacial score (nSPS) is 12.0. The molecule has 0 spiro atoms. The molecule has 0 aliphatic carbocycles. The van der Waals surface area contributed by atoms with E-state index in [-0.39, 0.29) is 17.5 Å². The lowest BCUT2D eigenvalue weighted by atomic mass is 10.1. The van der Waals surface area contributed by atoms with Crippen LogP contribution < -0.4 is 10.5 Å². The first-order chi connectivity index (χ1) is 9.88. The molecule has 0 aliphatic rings. The van der Waals surface area contributed by atoms with Crippen molar-refractivity contribution in [2.75, 3.05) is 0 Å². The first-order valence-electron chi connectivity index (χ1n) is 6.05. The van der Waals surface area contributed by atoms with Crippen LogP contribution in [0.1, 0.15) is 18.5 Å². The highest BCUT2D eigenvalue weighted by molar-refractivity contribution is 5.49. The first kappa shape index (κ1) is 14.9. The lowest BCUT2D eigenvalue weighted by Gasteiger charge is -2.10. The largest absolute Gasteiger partial charge is 0.447 e. The maximum atomic E-state index is 13.9. The minimum atomic E-state index is -0.799. The molecule has 0 aliphatic heterocycles. The average molecular weight is 294 g/mol. The molecule has 0 saturated carbocycles. The summed E-state index contributed by atoms with van der Waals surface area (Å²) in [5.41, 5.74) is 5.61. The molecule has 110 valence electrons. The van der Waals surface area contributed by atoms with Crippen LogP contribution in [0.3, 0.4) is 0 Å². The zero-order valence-electron chi connectivity index (χ0n) is 11.0. The Kier molecular flexibility index (Phi) is 4.13. The first-order valence-corrected chi connectivity index (χ1v) is 6.05. The minimum absolute atomic E-state index is 0.200. The molecule has 0 unspecified atom stereocenters. The molecular formula is C14H12F2N2O3. The molecule has 2 aromatic carbocycles. The molecule has 0 amide bonds. The van der Waals surface area contributed by atoms with Gasteiger partial charge in [-0.05, 0) is 36.8 Å². The van der Waals surface area contributed by atoms with E-state index in [9.17, 15) is 18.9 Å². The molecule has 5 nitrogen and oxygen atoms in total. The summed E-state index contributed by atoms with van der Waals surface area (Å²) in [7, 11) is 0. The zero-order chi connectivity index (χ0) is 15.6. The highest BCUT2D eigenvalue weighted by Gasteiger charge is 2.18. The van der Waals surface area contributed by atoms with Gasteiger partial charge < -0.3 is 10.5 Å². The van der Waals surface area contributed by atoms with E-state index in [1.54, 1.807) is 13.0 Å². The van der Waals surface area contributed by atoms with Crippen LogP contribution in [0, 0.1) is 21.7 Å². The maximum absolute atomic E-state index is 13.9. The lowest BCUT2D eigenvalue weighted by Crippen LogP contribution is -2.05. The summed E-state index contributed by atoms with van der Waals surface area (Å²) in [6, 6.07) is 6.50. The fraction of sp³-hybridized carbons (Fsp3) is 0.143. The zero-order valence-corrected chi connectivity index (χ0v) is 11.0. The summed E-state index contributed by atoms with van der Waals surface area (Å²) in [6.07, 6.45) is 0. The Labute approximate surface area is 119 Å². The summed E-state index contributed by atoms with van der Waals surface area (Å²) < 4.78 is 32.1. The molecule has 0 bridgehead atoms. The minimum Gasteiger partial charge on any atom is -0.447 e. The fourth-order valence-electron chi connectivity index (χ4n) is 1.72. The van der Waals surface area contributed by atoms with Crippen molar-refractivity contribution in [3.63, 3.8) is 0 Å². The molecule has 2 aromatic rings. The van der Waals surface area contributed by atoms with Gasteiger partial charge in [0, 0.05) is 6.04 Å². The van der Waals surface area contributed by atoms with Gasteiger partial charge in [0.1, 0.15) is 5.82 Å². The second kappa shape index (κ2) is 5.84. The van der Waals surface area contributed by atoms with Crippen LogP contribution in [0.2, 0.25) is 0 Å². The maximum Gasteiger partial charge on any atom is 0.314 e. The summed E-state index contributed by atoms with van der Waals surface area (Å²) in [5.74, 6) is -1.92. The smallest absolute Gasteiger partial charge is 0.314 e. The summed E-state index contributed by atoms with van der Waals surface area (Å²) in [4.78, 5) is 10.0. The summed E-state index contributed by atoms with van der Waals surface area (Å²) in [5, 5.41) is 10.8. The second-order valence-corrected chi connectivity index (χ2v) is 4.45. The number of hydrogen-bond acceptors (Lipinski definition) is 4. The Morgan fingerprint density at radius 3 is 2.43 bits per heavy atom. The molecule has 0 heterocycles. The monoisotopic (exact) mass is 294 g/mol. The molecular weight excluding hydrogens is 282 g/mol. The standard InChI is InChI=1S/C14H12F2N2O3/c1-8(17)9-2-4-13(11(16)6-9)21-14-5-3-10(15)7-12(14)18(19)20/h2-8H,17H2,1H3/t8-/m1/s1. The van der Waals surface area contributed by atoms with Crippen LogP contribution in [0.15, 0.2) is 36.4 Å². The number of rotatable bonds is 4. The molecule has 2 N–H and O–H groups in total. The third-order valence-electron chi connectivity index (χ3n) is 2.82. The van der Waals surface area contributed by atoms with Crippen molar-refractivity contribution >= 4 is 5.69 Å². The Morgan fingerprint density at radius 2 is 1.86 bits per heavy atom. The number of hydrogen-bond donors (Lipinski definition) is 1. The van der Waals surface area contributed by atoms with E-state index in [0.29, 0.717) is 11.6 Å². The molecule has 0 saturated heterocycles. The Hall–Kier alpha value is -2.54. The molecule has 1 atom stereocenters. The van der Waals surface area contributed by atoms with Crippen molar-refractivity contribution in [2.45, 2.75) is 13.0 Å². The van der Waals surface area contributed by atoms with E-state index in [0.717, 1.165) is 12.1 Å². The van der Waals surface area contributed by atoms with Gasteiger partial charge in [-0.25, -0.2) is 8.78 Å². The van der Waals surface area contributed by atoms with Gasteiger partial charge >= 0.3 is 5.69 Å². The van der Waals surface area contributed by atoms with Crippen molar-refractivity contribution in [1.82, 2.24) is 0 Å². The van der Waals surface area contributed by atoms with E-state index in [1.165, 1.54) is 12.1 Å². The third kappa shape index (κ3) is 3.32. The van der Waals surface area contributed by atoms with Gasteiger partial charge in [0.05, 0.1) is 11.0 Å². The Morgan fingerprint density at radius 1 is 1.19 bits per heavy atom. The summed E-state index contributed by atoms with van der Waals surface area (Å²) in [6.45, 7) is 1.69. The molecule has 21 heavy (non-hydrogen) atoms. The van der Waals surface area contributed by atoms with Crippen LogP contribution in [0.4, 0.5) is 14.5 Å². The predicted molar refractivity (Wildman–Crippen MR) is 72.1 cm³/mol. The molecule has 7 heteroatoms. The fourth-order valence-corrected chi connectivity index (χ4v) is 1.72. The van der Waals surface area contributed by atoms with Gasteiger partial charge in [-0.3, -0.25) is 10.1 Å². The van der Waals surface area contributed by atoms with Crippen molar-refractivity contribution in [3.05, 3.63) is 63.7 Å². The lowest BCUT2D eigenvalue weighted by molar-refractivity contribution is -0.385. The Balaban J connectivity index is 2.37. The van der Waals surface area contributed by atoms with Crippen LogP contribution >= 0.6 is 0 Å². The van der Waals surface area contributed by atoms with Crippen LogP contribution in [-0.4, -0.2) is 4.92 Å². The Bertz CT molecular complexity index is 690. The topological polar surface area (TPSA) is 78.4 Å². The number of halogens is 2. The number of benzene rings is 2. The van der Waals surface area contributed by atoms with Gasteiger partial charge in [0.15, 0.2) is 11.6 Å². The third-order valence-corrected chi connectivity index (χ3v) is 2.82. The number of nitro benzene ring substituents is 1. The van der Waals surface area contributed by atoms with Gasteiger partial charge in [-0.15, -0.1) is 0 Å². The number of nitrogens with two attached hydrogens (primary N) is 1. The van der Waals surface area contributed by atoms with Crippen molar-refractivity contribution < 1.29 is 18.4 Å². The van der Waals surface area contributed by atoms with Crippen molar-refractivity contribution in [1.29, 1.82) is 0 Å². The molecule has 0 aromatic heterocycles.